The predicted octanol–water partition coefficient (Wildman–Crippen LogP) is 4.66. The van der Waals surface area contributed by atoms with E-state index >= 15 is 0 Å². The molecule has 35 heavy (non-hydrogen) atoms. The van der Waals surface area contributed by atoms with Gasteiger partial charge in [-0.05, 0) is 38.0 Å². The summed E-state index contributed by atoms with van der Waals surface area (Å²) < 4.78 is 26.0. The Kier molecular flexibility index (Phi) is 6.11. The Morgan fingerprint density at radius 1 is 1.14 bits per heavy atom. The molecule has 1 amide bonds. The Bertz CT molecular complexity index is 1550. The zero-order chi connectivity index (χ0) is 24.7. The summed E-state index contributed by atoms with van der Waals surface area (Å²) in [6.45, 7) is 4.10. The summed E-state index contributed by atoms with van der Waals surface area (Å²) in [5, 5.41) is 8.83. The highest BCUT2D eigenvalue weighted by molar-refractivity contribution is 7.91. The van der Waals surface area contributed by atoms with Crippen LogP contribution >= 0.6 is 11.6 Å². The summed E-state index contributed by atoms with van der Waals surface area (Å²) in [5.41, 5.74) is 5.02. The molecule has 0 bridgehead atoms. The number of pyridine rings is 1. The van der Waals surface area contributed by atoms with Gasteiger partial charge in [0.05, 0.1) is 39.9 Å². The topological polar surface area (TPSA) is 94.0 Å². The van der Waals surface area contributed by atoms with Crippen molar-refractivity contribution in [3.8, 4) is 11.3 Å². The second-order valence-electron chi connectivity index (χ2n) is 8.98. The highest BCUT2D eigenvalue weighted by Crippen LogP contribution is 2.32. The number of aromatic nitrogens is 3. The number of carbonyl (C=O) groups excluding carboxylic acids is 1. The van der Waals surface area contributed by atoms with Crippen molar-refractivity contribution in [2.24, 2.45) is 0 Å². The number of amides is 1. The van der Waals surface area contributed by atoms with E-state index in [-0.39, 0.29) is 30.0 Å². The summed E-state index contributed by atoms with van der Waals surface area (Å²) in [7, 11) is -3.12. The van der Waals surface area contributed by atoms with E-state index in [1.165, 1.54) is 0 Å². The number of benzene rings is 2. The third-order valence-corrected chi connectivity index (χ3v) is 8.50. The summed E-state index contributed by atoms with van der Waals surface area (Å²) in [6.07, 6.45) is 0.475. The molecule has 0 aliphatic carbocycles. The molecule has 0 saturated carbocycles. The Morgan fingerprint density at radius 3 is 2.57 bits per heavy atom. The number of halogens is 1. The monoisotopic (exact) mass is 508 g/mol. The van der Waals surface area contributed by atoms with Crippen molar-refractivity contribution < 1.29 is 13.2 Å². The molecule has 0 spiro atoms. The summed E-state index contributed by atoms with van der Waals surface area (Å²) >= 11 is 6.27. The lowest BCUT2D eigenvalue weighted by molar-refractivity contribution is 0.0952. The average molecular weight is 509 g/mol. The maximum Gasteiger partial charge on any atom is 0.252 e. The van der Waals surface area contributed by atoms with Gasteiger partial charge < -0.3 is 5.32 Å². The molecule has 4 aromatic rings. The number of rotatable bonds is 5. The molecule has 2 aromatic carbocycles. The van der Waals surface area contributed by atoms with Crippen LogP contribution in [0.4, 0.5) is 0 Å². The predicted molar refractivity (Wildman–Crippen MR) is 137 cm³/mol. The first-order valence-electron chi connectivity index (χ1n) is 11.4. The first kappa shape index (κ1) is 23.5. The van der Waals surface area contributed by atoms with Crippen molar-refractivity contribution in [3.05, 3.63) is 82.0 Å². The second kappa shape index (κ2) is 9.09. The van der Waals surface area contributed by atoms with E-state index in [0.29, 0.717) is 39.4 Å². The van der Waals surface area contributed by atoms with Gasteiger partial charge in [0.25, 0.3) is 5.91 Å². The molecule has 9 heteroatoms. The molecule has 3 heterocycles. The molecule has 5 rings (SSSR count). The van der Waals surface area contributed by atoms with Crippen LogP contribution in [0.2, 0.25) is 5.02 Å². The zero-order valence-corrected chi connectivity index (χ0v) is 21.0. The third kappa shape index (κ3) is 4.68. The lowest BCUT2D eigenvalue weighted by atomic mass is 10.0. The van der Waals surface area contributed by atoms with E-state index in [9.17, 15) is 13.2 Å². The fourth-order valence-corrected chi connectivity index (χ4v) is 6.39. The molecular weight excluding hydrogens is 484 g/mol. The highest BCUT2D eigenvalue weighted by atomic mass is 35.5. The van der Waals surface area contributed by atoms with E-state index in [1.807, 2.05) is 56.3 Å². The third-order valence-electron chi connectivity index (χ3n) is 6.38. The van der Waals surface area contributed by atoms with Gasteiger partial charge in [-0.3, -0.25) is 4.79 Å². The summed E-state index contributed by atoms with van der Waals surface area (Å²) in [6, 6.07) is 16.7. The zero-order valence-electron chi connectivity index (χ0n) is 19.5. The number of aryl methyl sites for hydroxylation is 2. The molecule has 2 aromatic heterocycles. The Morgan fingerprint density at radius 2 is 1.89 bits per heavy atom. The number of carbonyl (C=O) groups is 1. The van der Waals surface area contributed by atoms with Crippen LogP contribution in [0.1, 0.15) is 39.6 Å². The fourth-order valence-electron chi connectivity index (χ4n) is 4.50. The van der Waals surface area contributed by atoms with Gasteiger partial charge in [-0.25, -0.2) is 18.1 Å². The normalized spacial score (nSPS) is 17.1. The van der Waals surface area contributed by atoms with Crippen LogP contribution in [0.25, 0.3) is 22.3 Å². The van der Waals surface area contributed by atoms with Crippen molar-refractivity contribution in [3.63, 3.8) is 0 Å². The van der Waals surface area contributed by atoms with Gasteiger partial charge in [0, 0.05) is 17.1 Å². The average Bonchev–Trinajstić information content (AvgIpc) is 3.37. The van der Waals surface area contributed by atoms with Crippen LogP contribution < -0.4 is 5.32 Å². The first-order chi connectivity index (χ1) is 16.7. The lowest BCUT2D eigenvalue weighted by Gasteiger charge is -2.13. The van der Waals surface area contributed by atoms with E-state index in [4.69, 9.17) is 16.6 Å². The molecular formula is C26H25ClN4O3S. The van der Waals surface area contributed by atoms with Crippen LogP contribution in [0.3, 0.4) is 0 Å². The minimum atomic E-state index is -3.12. The van der Waals surface area contributed by atoms with Crippen molar-refractivity contribution >= 4 is 38.4 Å². The van der Waals surface area contributed by atoms with Crippen LogP contribution in [-0.4, -0.2) is 40.6 Å². The quantitative estimate of drug-likeness (QED) is 0.423. The molecule has 1 atom stereocenters. The Labute approximate surface area is 209 Å². The fraction of sp³-hybridized carbons (Fsp3) is 0.269. The second-order valence-corrected chi connectivity index (χ2v) is 11.6. The van der Waals surface area contributed by atoms with Crippen molar-refractivity contribution in [1.82, 2.24) is 20.1 Å². The Balaban J connectivity index is 1.61. The van der Waals surface area contributed by atoms with E-state index in [1.54, 1.807) is 16.8 Å². The van der Waals surface area contributed by atoms with Gasteiger partial charge in [-0.2, -0.15) is 5.10 Å². The van der Waals surface area contributed by atoms with Crippen LogP contribution in [0, 0.1) is 13.8 Å². The lowest BCUT2D eigenvalue weighted by Crippen LogP contribution is -2.23. The van der Waals surface area contributed by atoms with Gasteiger partial charge >= 0.3 is 0 Å². The summed E-state index contributed by atoms with van der Waals surface area (Å²) in [5.74, 6) is -0.124. The SMILES string of the molecule is Cc1ccc(-c2cc(C(=O)NCc3ccccc3Cl)c3c(C)nn(C4CCS(=O)(=O)C4)c3n2)cc1. The van der Waals surface area contributed by atoms with Gasteiger partial charge in [0.15, 0.2) is 15.5 Å². The smallest absolute Gasteiger partial charge is 0.252 e. The minimum absolute atomic E-state index is 0.0215. The minimum Gasteiger partial charge on any atom is -0.348 e. The molecule has 1 unspecified atom stereocenters. The van der Waals surface area contributed by atoms with Gasteiger partial charge in [-0.15, -0.1) is 0 Å². The van der Waals surface area contributed by atoms with Crippen molar-refractivity contribution in [2.75, 3.05) is 11.5 Å². The maximum atomic E-state index is 13.5. The van der Waals surface area contributed by atoms with E-state index in [0.717, 1.165) is 16.7 Å². The Hall–Kier alpha value is -3.23. The number of hydrogen-bond donors (Lipinski definition) is 1. The van der Waals surface area contributed by atoms with Crippen LogP contribution in [0.15, 0.2) is 54.6 Å². The van der Waals surface area contributed by atoms with Gasteiger partial charge in [0.2, 0.25) is 0 Å². The number of nitrogens with one attached hydrogen (secondary N) is 1. The number of hydrogen-bond acceptors (Lipinski definition) is 5. The number of fused-ring (bicyclic) bond motifs is 1. The molecule has 1 aliphatic heterocycles. The molecule has 0 radical (unpaired) electrons. The van der Waals surface area contributed by atoms with Crippen LogP contribution in [-0.2, 0) is 16.4 Å². The molecule has 1 N–H and O–H groups in total. The van der Waals surface area contributed by atoms with Crippen molar-refractivity contribution in [2.45, 2.75) is 32.9 Å². The molecule has 7 nitrogen and oxygen atoms in total. The highest BCUT2D eigenvalue weighted by Gasteiger charge is 2.32. The van der Waals surface area contributed by atoms with Crippen molar-refractivity contribution in [1.29, 1.82) is 0 Å². The molecule has 1 saturated heterocycles. The van der Waals surface area contributed by atoms with E-state index < -0.39 is 9.84 Å². The van der Waals surface area contributed by atoms with Gasteiger partial charge in [0.1, 0.15) is 0 Å². The molecule has 1 aliphatic rings. The largest absolute Gasteiger partial charge is 0.348 e. The van der Waals surface area contributed by atoms with Gasteiger partial charge in [-0.1, -0.05) is 59.6 Å². The standard InChI is InChI=1S/C26H25ClN4O3S/c1-16-7-9-18(10-8-16)23-13-21(26(32)28-14-19-5-3-4-6-22(19)27)24-17(2)30-31(25(24)29-23)20-11-12-35(33,34)15-20/h3-10,13,20H,11-12,14-15H2,1-2H3,(H,28,32). The van der Waals surface area contributed by atoms with Crippen LogP contribution in [0.5, 0.6) is 0 Å². The maximum absolute atomic E-state index is 13.5. The molecule has 1 fully saturated rings. The number of sulfone groups is 1. The molecule has 180 valence electrons. The summed E-state index contributed by atoms with van der Waals surface area (Å²) in [4.78, 5) is 18.3. The number of nitrogens with zero attached hydrogens (tertiary/aromatic N) is 3. The van der Waals surface area contributed by atoms with E-state index in [2.05, 4.69) is 10.4 Å². The first-order valence-corrected chi connectivity index (χ1v) is 13.6.